The molecule has 0 spiro atoms. The van der Waals surface area contributed by atoms with E-state index < -0.39 is 0 Å². The van der Waals surface area contributed by atoms with Gasteiger partial charge in [-0.3, -0.25) is 14.5 Å². The molecule has 0 radical (unpaired) electrons. The minimum absolute atomic E-state index is 0.109. The Labute approximate surface area is 157 Å². The van der Waals surface area contributed by atoms with E-state index >= 15 is 0 Å². The van der Waals surface area contributed by atoms with Crippen molar-refractivity contribution in [2.75, 3.05) is 6.54 Å². The molecule has 1 fully saturated rings. The van der Waals surface area contributed by atoms with E-state index in [1.54, 1.807) is 0 Å². The highest BCUT2D eigenvalue weighted by atomic mass is 16.2. The summed E-state index contributed by atoms with van der Waals surface area (Å²) in [6.45, 7) is 3.09. The van der Waals surface area contributed by atoms with Gasteiger partial charge in [0.1, 0.15) is 11.7 Å². The Kier molecular flexibility index (Phi) is 3.81. The van der Waals surface area contributed by atoms with Crippen LogP contribution < -0.4 is 0 Å². The maximum atomic E-state index is 12.9. The summed E-state index contributed by atoms with van der Waals surface area (Å²) in [4.78, 5) is 14.8. The van der Waals surface area contributed by atoms with Gasteiger partial charge in [-0.1, -0.05) is 30.3 Å². The summed E-state index contributed by atoms with van der Waals surface area (Å²) in [6.07, 6.45) is 3.26. The Morgan fingerprint density at radius 1 is 1.19 bits per heavy atom. The predicted octanol–water partition coefficient (Wildman–Crippen LogP) is 2.69. The summed E-state index contributed by atoms with van der Waals surface area (Å²) < 4.78 is 1.94. The van der Waals surface area contributed by atoms with Crippen LogP contribution in [0.3, 0.4) is 0 Å². The maximum absolute atomic E-state index is 12.9. The van der Waals surface area contributed by atoms with Crippen LogP contribution in [0, 0.1) is 0 Å². The number of fused-ring (bicyclic) bond motifs is 1. The molecule has 2 aliphatic rings. The molecule has 1 atom stereocenters. The molecule has 0 saturated heterocycles. The lowest BCUT2D eigenvalue weighted by Gasteiger charge is -2.32. The van der Waals surface area contributed by atoms with Gasteiger partial charge in [-0.2, -0.15) is 5.10 Å². The minimum atomic E-state index is -0.324. The van der Waals surface area contributed by atoms with Crippen molar-refractivity contribution in [1.82, 2.24) is 29.9 Å². The number of rotatable bonds is 5. The van der Waals surface area contributed by atoms with Crippen molar-refractivity contribution in [1.29, 1.82) is 0 Å². The Hall–Kier alpha value is -2.96. The van der Waals surface area contributed by atoms with E-state index in [0.717, 1.165) is 23.6 Å². The number of carbonyl (C=O) groups excluding carboxylic acids is 1. The van der Waals surface area contributed by atoms with Crippen LogP contribution in [0.1, 0.15) is 48.8 Å². The second-order valence-electron chi connectivity index (χ2n) is 7.46. The van der Waals surface area contributed by atoms with Crippen molar-refractivity contribution in [3.05, 3.63) is 53.5 Å². The summed E-state index contributed by atoms with van der Waals surface area (Å²) in [5.74, 6) is 2.21. The lowest BCUT2D eigenvalue weighted by molar-refractivity contribution is -0.136. The van der Waals surface area contributed by atoms with Crippen LogP contribution in [0.15, 0.2) is 36.4 Å². The summed E-state index contributed by atoms with van der Waals surface area (Å²) in [5, 5.41) is 16.2. The van der Waals surface area contributed by atoms with Crippen LogP contribution in [0.4, 0.5) is 0 Å². The third kappa shape index (κ3) is 2.93. The third-order valence-electron chi connectivity index (χ3n) is 5.51. The highest BCUT2D eigenvalue weighted by molar-refractivity contribution is 5.82. The summed E-state index contributed by atoms with van der Waals surface area (Å²) in [5.41, 5.74) is 3.16. The molecule has 3 aromatic rings. The fourth-order valence-electron chi connectivity index (χ4n) is 3.79. The Morgan fingerprint density at radius 3 is 2.78 bits per heavy atom. The molecule has 1 aliphatic heterocycles. The number of hydrogen-bond acceptors (Lipinski definition) is 4. The average Bonchev–Trinajstić information content (AvgIpc) is 3.27. The van der Waals surface area contributed by atoms with Gasteiger partial charge in [0.15, 0.2) is 11.6 Å². The van der Waals surface area contributed by atoms with E-state index in [0.29, 0.717) is 24.8 Å². The fraction of sp³-hybridized carbons (Fsp3) is 0.400. The zero-order valence-corrected chi connectivity index (χ0v) is 15.3. The van der Waals surface area contributed by atoms with Gasteiger partial charge in [0.25, 0.3) is 0 Å². The Balaban J connectivity index is 1.38. The number of nitrogens with one attached hydrogen (secondary N) is 1. The van der Waals surface area contributed by atoms with Gasteiger partial charge in [0.05, 0.1) is 6.54 Å². The molecule has 1 aromatic carbocycles. The van der Waals surface area contributed by atoms with Crippen LogP contribution in [0.2, 0.25) is 0 Å². The standard InChI is InChI=1S/C20H22N6O/c1-13-20(27)25(10-9-14-5-3-2-4-6-14)12-18-23-24-19(26(13)18)17-11-16(21-22-17)15-7-8-15/h2-6,11,13,15H,7-10,12H2,1H3,(H,21,22)/t13-/m0/s1. The van der Waals surface area contributed by atoms with Gasteiger partial charge in [-0.05, 0) is 37.8 Å². The van der Waals surface area contributed by atoms with E-state index in [1.165, 1.54) is 18.4 Å². The first kappa shape index (κ1) is 16.2. The lowest BCUT2D eigenvalue weighted by Crippen LogP contribution is -2.42. The van der Waals surface area contributed by atoms with Gasteiger partial charge >= 0.3 is 0 Å². The highest BCUT2D eigenvalue weighted by Gasteiger charge is 2.34. The molecule has 138 valence electrons. The van der Waals surface area contributed by atoms with Gasteiger partial charge in [-0.15, -0.1) is 10.2 Å². The molecular formula is C20H22N6O. The molecule has 3 heterocycles. The van der Waals surface area contributed by atoms with Gasteiger partial charge in [-0.25, -0.2) is 0 Å². The number of carbonyl (C=O) groups is 1. The van der Waals surface area contributed by atoms with E-state index in [-0.39, 0.29) is 11.9 Å². The maximum Gasteiger partial charge on any atom is 0.245 e. The molecule has 27 heavy (non-hydrogen) atoms. The molecule has 1 N–H and O–H groups in total. The van der Waals surface area contributed by atoms with Crippen molar-refractivity contribution in [2.45, 2.75) is 44.7 Å². The second kappa shape index (κ2) is 6.33. The molecular weight excluding hydrogens is 340 g/mol. The Bertz CT molecular complexity index is 972. The number of H-pyrrole nitrogens is 1. The lowest BCUT2D eigenvalue weighted by atomic mass is 10.1. The molecule has 7 nitrogen and oxygen atoms in total. The molecule has 0 unspecified atom stereocenters. The number of aromatic nitrogens is 5. The van der Waals surface area contributed by atoms with Crippen LogP contribution in [-0.4, -0.2) is 42.3 Å². The SMILES string of the molecule is C[C@H]1C(=O)N(CCc2ccccc2)Cc2nnc(-c3cc(C4CC4)[nH]n3)n21. The third-order valence-corrected chi connectivity index (χ3v) is 5.51. The van der Waals surface area contributed by atoms with Crippen LogP contribution in [0.5, 0.6) is 0 Å². The smallest absolute Gasteiger partial charge is 0.245 e. The van der Waals surface area contributed by atoms with Gasteiger partial charge < -0.3 is 4.90 Å². The van der Waals surface area contributed by atoms with Crippen molar-refractivity contribution < 1.29 is 4.79 Å². The molecule has 7 heteroatoms. The molecule has 2 aromatic heterocycles. The fourth-order valence-corrected chi connectivity index (χ4v) is 3.79. The van der Waals surface area contributed by atoms with Crippen LogP contribution in [-0.2, 0) is 17.8 Å². The Morgan fingerprint density at radius 2 is 2.00 bits per heavy atom. The van der Waals surface area contributed by atoms with Gasteiger partial charge in [0.2, 0.25) is 5.91 Å². The van der Waals surface area contributed by atoms with Crippen molar-refractivity contribution >= 4 is 5.91 Å². The second-order valence-corrected chi connectivity index (χ2v) is 7.46. The number of nitrogens with zero attached hydrogens (tertiary/aromatic N) is 5. The van der Waals surface area contributed by atoms with E-state index in [9.17, 15) is 4.79 Å². The molecule has 1 aliphatic carbocycles. The number of aromatic amines is 1. The van der Waals surface area contributed by atoms with Gasteiger partial charge in [0, 0.05) is 18.2 Å². The van der Waals surface area contributed by atoms with E-state index in [4.69, 9.17) is 0 Å². The van der Waals surface area contributed by atoms with Crippen molar-refractivity contribution in [3.8, 4) is 11.5 Å². The van der Waals surface area contributed by atoms with Crippen LogP contribution in [0.25, 0.3) is 11.5 Å². The average molecular weight is 362 g/mol. The van der Waals surface area contributed by atoms with Crippen molar-refractivity contribution in [3.63, 3.8) is 0 Å². The largest absolute Gasteiger partial charge is 0.333 e. The molecule has 0 bridgehead atoms. The van der Waals surface area contributed by atoms with Crippen LogP contribution >= 0.6 is 0 Å². The minimum Gasteiger partial charge on any atom is -0.333 e. The first-order valence-electron chi connectivity index (χ1n) is 9.53. The zero-order chi connectivity index (χ0) is 18.4. The summed E-state index contributed by atoms with van der Waals surface area (Å²) in [7, 11) is 0. The molecule has 1 saturated carbocycles. The summed E-state index contributed by atoms with van der Waals surface area (Å²) >= 11 is 0. The topological polar surface area (TPSA) is 79.7 Å². The monoisotopic (exact) mass is 362 g/mol. The highest BCUT2D eigenvalue weighted by Crippen LogP contribution is 2.40. The molecule has 1 amide bonds. The first-order valence-corrected chi connectivity index (χ1v) is 9.53. The number of benzene rings is 1. The molecule has 5 rings (SSSR count). The number of amides is 1. The van der Waals surface area contributed by atoms with Crippen molar-refractivity contribution in [2.24, 2.45) is 0 Å². The quantitative estimate of drug-likeness (QED) is 0.757. The van der Waals surface area contributed by atoms with E-state index in [1.807, 2.05) is 40.7 Å². The predicted molar refractivity (Wildman–Crippen MR) is 99.9 cm³/mol. The normalized spacial score (nSPS) is 19.4. The van der Waals surface area contributed by atoms with E-state index in [2.05, 4.69) is 32.5 Å². The zero-order valence-electron chi connectivity index (χ0n) is 15.3. The first-order chi connectivity index (χ1) is 13.2. The number of hydrogen-bond donors (Lipinski definition) is 1. The summed E-state index contributed by atoms with van der Waals surface area (Å²) in [6, 6.07) is 12.0.